The fraction of sp³-hybridized carbons (Fsp3) is 0.0769. The zero-order valence-electron chi connectivity index (χ0n) is 9.77. The summed E-state index contributed by atoms with van der Waals surface area (Å²) in [5.74, 6) is -1.44. The third kappa shape index (κ3) is 2.88. The quantitative estimate of drug-likeness (QED) is 0.873. The molecule has 1 N–H and O–H groups in total. The van der Waals surface area contributed by atoms with E-state index in [1.807, 2.05) is 0 Å². The molecule has 0 bridgehead atoms. The molecule has 0 amide bonds. The van der Waals surface area contributed by atoms with E-state index in [1.54, 1.807) is 0 Å². The lowest BCUT2D eigenvalue weighted by Gasteiger charge is -2.10. The third-order valence-electron chi connectivity index (χ3n) is 2.58. The maximum Gasteiger partial charge on any atom is 0.416 e. The lowest BCUT2D eigenvalue weighted by Crippen LogP contribution is -2.08. The van der Waals surface area contributed by atoms with Crippen LogP contribution in [0, 0.1) is 0 Å². The van der Waals surface area contributed by atoms with Gasteiger partial charge in [0.05, 0.1) is 16.0 Å². The van der Waals surface area contributed by atoms with Gasteiger partial charge in [-0.1, -0.05) is 0 Å². The minimum absolute atomic E-state index is 0.113. The summed E-state index contributed by atoms with van der Waals surface area (Å²) in [5, 5.41) is 10.4. The number of rotatable bonds is 3. The highest BCUT2D eigenvalue weighted by Gasteiger charge is 2.32. The summed E-state index contributed by atoms with van der Waals surface area (Å²) >= 11 is 1.08. The Labute approximate surface area is 115 Å². The summed E-state index contributed by atoms with van der Waals surface area (Å²) in [6.07, 6.45) is -4.05. The van der Waals surface area contributed by atoms with Crippen LogP contribution in [0.25, 0.3) is 11.1 Å². The normalized spacial score (nSPS) is 11.3. The Morgan fingerprint density at radius 1 is 1.15 bits per heavy atom. The van der Waals surface area contributed by atoms with Gasteiger partial charge in [-0.25, -0.2) is 4.79 Å². The number of aldehydes is 1. The molecule has 1 heterocycles. The first-order valence-electron chi connectivity index (χ1n) is 5.31. The van der Waals surface area contributed by atoms with Crippen LogP contribution in [-0.4, -0.2) is 17.4 Å². The fourth-order valence-electron chi connectivity index (χ4n) is 1.65. The van der Waals surface area contributed by atoms with Gasteiger partial charge in [0.15, 0.2) is 6.29 Å². The number of aromatic carboxylic acids is 1. The molecule has 0 atom stereocenters. The highest BCUT2D eigenvalue weighted by molar-refractivity contribution is 7.12. The molecule has 20 heavy (non-hydrogen) atoms. The van der Waals surface area contributed by atoms with Gasteiger partial charge in [0.25, 0.3) is 0 Å². The predicted octanol–water partition coefficient (Wildman–Crippen LogP) is 3.94. The zero-order chi connectivity index (χ0) is 14.9. The van der Waals surface area contributed by atoms with E-state index in [2.05, 4.69) is 0 Å². The van der Waals surface area contributed by atoms with E-state index in [0.29, 0.717) is 22.8 Å². The summed E-state index contributed by atoms with van der Waals surface area (Å²) in [4.78, 5) is 21.8. The number of carboxylic acid groups (broad SMARTS) is 1. The predicted molar refractivity (Wildman–Crippen MR) is 67.1 cm³/mol. The Hall–Kier alpha value is -2.15. The average Bonchev–Trinajstić information content (AvgIpc) is 2.86. The van der Waals surface area contributed by atoms with Crippen molar-refractivity contribution in [2.45, 2.75) is 6.18 Å². The van der Waals surface area contributed by atoms with Crippen molar-refractivity contribution in [3.8, 4) is 11.1 Å². The van der Waals surface area contributed by atoms with Crippen molar-refractivity contribution in [2.75, 3.05) is 0 Å². The van der Waals surface area contributed by atoms with Crippen molar-refractivity contribution in [1.82, 2.24) is 0 Å². The second kappa shape index (κ2) is 5.09. The first kappa shape index (κ1) is 14.3. The molecule has 2 aromatic rings. The minimum atomic E-state index is -4.64. The lowest BCUT2D eigenvalue weighted by molar-refractivity contribution is -0.137. The second-order valence-corrected chi connectivity index (χ2v) is 4.90. The summed E-state index contributed by atoms with van der Waals surface area (Å²) < 4.78 is 38.3. The average molecular weight is 300 g/mol. The van der Waals surface area contributed by atoms with E-state index < -0.39 is 23.3 Å². The van der Waals surface area contributed by atoms with Gasteiger partial charge >= 0.3 is 12.1 Å². The molecule has 3 nitrogen and oxygen atoms in total. The minimum Gasteiger partial charge on any atom is -0.478 e. The summed E-state index contributed by atoms with van der Waals surface area (Å²) in [6, 6.07) is 4.01. The van der Waals surface area contributed by atoms with Crippen molar-refractivity contribution in [3.63, 3.8) is 0 Å². The van der Waals surface area contributed by atoms with Crippen molar-refractivity contribution < 1.29 is 27.9 Å². The van der Waals surface area contributed by atoms with Gasteiger partial charge in [-0.15, -0.1) is 11.3 Å². The van der Waals surface area contributed by atoms with Crippen LogP contribution in [0.2, 0.25) is 0 Å². The molecular formula is C13H7F3O3S. The zero-order valence-corrected chi connectivity index (χ0v) is 10.6. The number of hydrogen-bond donors (Lipinski definition) is 1. The van der Waals surface area contributed by atoms with Crippen molar-refractivity contribution in [1.29, 1.82) is 0 Å². The first-order chi connectivity index (χ1) is 9.31. The standard InChI is InChI=1S/C13H7F3O3S/c14-13(15,16)10-2-7(1-8(3-10)12(18)19)9-4-11(5-17)20-6-9/h1-6H,(H,18,19). The van der Waals surface area contributed by atoms with Crippen molar-refractivity contribution in [2.24, 2.45) is 0 Å². The Morgan fingerprint density at radius 2 is 1.85 bits per heavy atom. The number of carbonyl (C=O) groups is 2. The number of thiophene rings is 1. The van der Waals surface area contributed by atoms with Gasteiger partial charge in [-0.3, -0.25) is 4.79 Å². The lowest BCUT2D eigenvalue weighted by atomic mass is 10.0. The topological polar surface area (TPSA) is 54.4 Å². The highest BCUT2D eigenvalue weighted by Crippen LogP contribution is 2.34. The van der Waals surface area contributed by atoms with Gasteiger partial charge in [0.1, 0.15) is 0 Å². The molecule has 0 spiro atoms. The largest absolute Gasteiger partial charge is 0.478 e. The molecule has 7 heteroatoms. The van der Waals surface area contributed by atoms with E-state index in [9.17, 15) is 22.8 Å². The number of benzene rings is 1. The second-order valence-electron chi connectivity index (χ2n) is 3.96. The first-order valence-corrected chi connectivity index (χ1v) is 6.19. The molecule has 0 radical (unpaired) electrons. The summed E-state index contributed by atoms with van der Waals surface area (Å²) in [7, 11) is 0. The van der Waals surface area contributed by atoms with Crippen LogP contribution >= 0.6 is 11.3 Å². The number of alkyl halides is 3. The molecular weight excluding hydrogens is 293 g/mol. The van der Waals surface area contributed by atoms with E-state index in [0.717, 1.165) is 23.5 Å². The van der Waals surface area contributed by atoms with E-state index in [1.165, 1.54) is 11.4 Å². The molecule has 0 aliphatic heterocycles. The summed E-state index contributed by atoms with van der Waals surface area (Å²) in [6.45, 7) is 0. The maximum absolute atomic E-state index is 12.8. The van der Waals surface area contributed by atoms with Crippen LogP contribution < -0.4 is 0 Å². The van der Waals surface area contributed by atoms with E-state index in [4.69, 9.17) is 5.11 Å². The molecule has 0 aliphatic carbocycles. The molecule has 0 unspecified atom stereocenters. The van der Waals surface area contributed by atoms with E-state index in [-0.39, 0.29) is 5.56 Å². The van der Waals surface area contributed by atoms with Gasteiger partial charge in [-0.2, -0.15) is 13.2 Å². The van der Waals surface area contributed by atoms with Crippen LogP contribution in [0.4, 0.5) is 13.2 Å². The molecule has 0 fully saturated rings. The Bertz CT molecular complexity index is 674. The molecule has 1 aromatic carbocycles. The number of carbonyl (C=O) groups excluding carboxylic acids is 1. The molecule has 0 saturated heterocycles. The Morgan fingerprint density at radius 3 is 2.35 bits per heavy atom. The van der Waals surface area contributed by atoms with Crippen LogP contribution in [0.5, 0.6) is 0 Å². The number of carboxylic acids is 1. The molecule has 104 valence electrons. The summed E-state index contributed by atoms with van der Waals surface area (Å²) in [5.41, 5.74) is -0.993. The van der Waals surface area contributed by atoms with E-state index >= 15 is 0 Å². The van der Waals surface area contributed by atoms with Gasteiger partial charge in [0.2, 0.25) is 0 Å². The number of hydrogen-bond acceptors (Lipinski definition) is 3. The van der Waals surface area contributed by atoms with Crippen molar-refractivity contribution >= 4 is 23.6 Å². The van der Waals surface area contributed by atoms with Gasteiger partial charge in [0, 0.05) is 0 Å². The SMILES string of the molecule is O=Cc1cc(-c2cc(C(=O)O)cc(C(F)(F)F)c2)cs1. The van der Waals surface area contributed by atoms with Crippen LogP contribution in [0.1, 0.15) is 25.6 Å². The fourth-order valence-corrected chi connectivity index (χ4v) is 2.37. The van der Waals surface area contributed by atoms with Gasteiger partial charge < -0.3 is 5.11 Å². The highest BCUT2D eigenvalue weighted by atomic mass is 32.1. The molecule has 2 rings (SSSR count). The van der Waals surface area contributed by atoms with Crippen LogP contribution in [0.15, 0.2) is 29.6 Å². The third-order valence-corrected chi connectivity index (χ3v) is 3.43. The van der Waals surface area contributed by atoms with Crippen molar-refractivity contribution in [3.05, 3.63) is 45.6 Å². The number of halogens is 3. The van der Waals surface area contributed by atoms with Crippen LogP contribution in [-0.2, 0) is 6.18 Å². The Kier molecular flexibility index (Phi) is 3.63. The maximum atomic E-state index is 12.8. The molecule has 0 saturated carbocycles. The molecule has 1 aromatic heterocycles. The molecule has 0 aliphatic rings. The Balaban J connectivity index is 2.60. The van der Waals surface area contributed by atoms with Crippen LogP contribution in [0.3, 0.4) is 0 Å². The monoisotopic (exact) mass is 300 g/mol. The smallest absolute Gasteiger partial charge is 0.416 e. The van der Waals surface area contributed by atoms with Gasteiger partial charge in [-0.05, 0) is 40.8 Å².